The fourth-order valence-corrected chi connectivity index (χ4v) is 1.50. The first kappa shape index (κ1) is 19.1. The molecule has 0 aliphatic rings. The van der Waals surface area contributed by atoms with Crippen molar-refractivity contribution in [1.82, 2.24) is 0 Å². The Kier molecular flexibility index (Phi) is 9.91. The van der Waals surface area contributed by atoms with Crippen molar-refractivity contribution in [2.75, 3.05) is 0 Å². The third-order valence-corrected chi connectivity index (χ3v) is 2.59. The number of aliphatic hydroxyl groups excluding tert-OH is 1. The first-order valence-corrected chi connectivity index (χ1v) is 6.81. The molecule has 0 aliphatic heterocycles. The van der Waals surface area contributed by atoms with Crippen LogP contribution in [0.2, 0.25) is 0 Å². The van der Waals surface area contributed by atoms with E-state index >= 15 is 0 Å². The van der Waals surface area contributed by atoms with E-state index in [1.807, 2.05) is 0 Å². The number of aromatic carboxylic acids is 2. The quantitative estimate of drug-likeness (QED) is 0.428. The summed E-state index contributed by atoms with van der Waals surface area (Å²) in [5.74, 6) is -3.31. The second kappa shape index (κ2) is 10.9. The number of hydrogen-bond acceptors (Lipinski definition) is 5. The van der Waals surface area contributed by atoms with Gasteiger partial charge in [0.1, 0.15) is 0 Å². The summed E-state index contributed by atoms with van der Waals surface area (Å²) in [6, 6.07) is 2.18. The molecule has 1 aromatic rings. The molecule has 0 aromatic carbocycles. The van der Waals surface area contributed by atoms with Crippen LogP contribution in [-0.2, 0) is 0 Å². The van der Waals surface area contributed by atoms with Gasteiger partial charge in [-0.2, -0.15) is 0 Å². The zero-order valence-electron chi connectivity index (χ0n) is 12.0. The Morgan fingerprint density at radius 2 is 1.48 bits per heavy atom. The lowest BCUT2D eigenvalue weighted by Gasteiger charge is -2.01. The molecule has 7 heteroatoms. The van der Waals surface area contributed by atoms with Crippen LogP contribution < -0.4 is 0 Å². The van der Waals surface area contributed by atoms with Gasteiger partial charge >= 0.3 is 11.9 Å². The number of furan rings is 1. The minimum atomic E-state index is -1.28. The summed E-state index contributed by atoms with van der Waals surface area (Å²) >= 11 is 0. The van der Waals surface area contributed by atoms with Gasteiger partial charge in [-0.3, -0.25) is 0 Å². The largest absolute Gasteiger partial charge is 0.475 e. The van der Waals surface area contributed by atoms with Crippen molar-refractivity contribution in [3.8, 4) is 0 Å². The van der Waals surface area contributed by atoms with Crippen molar-refractivity contribution in [2.24, 2.45) is 0 Å². The lowest BCUT2D eigenvalue weighted by atomic mass is 10.1. The lowest BCUT2D eigenvalue weighted by Crippen LogP contribution is -2.02. The number of carboxylic acid groups (broad SMARTS) is 2. The molecule has 0 aliphatic carbocycles. The van der Waals surface area contributed by atoms with Gasteiger partial charge in [-0.05, 0) is 25.0 Å². The van der Waals surface area contributed by atoms with Crippen molar-refractivity contribution in [1.29, 1.82) is 0 Å². The van der Waals surface area contributed by atoms with Crippen molar-refractivity contribution in [2.45, 2.75) is 51.7 Å². The third-order valence-electron chi connectivity index (χ3n) is 2.59. The van der Waals surface area contributed by atoms with Gasteiger partial charge in [0.2, 0.25) is 11.5 Å². The summed E-state index contributed by atoms with van der Waals surface area (Å²) in [4.78, 5) is 20.3. The summed E-state index contributed by atoms with van der Waals surface area (Å²) in [5.41, 5.74) is 0. The third kappa shape index (κ3) is 9.64. The van der Waals surface area contributed by atoms with Gasteiger partial charge in [-0.1, -0.05) is 32.6 Å². The van der Waals surface area contributed by atoms with Gasteiger partial charge in [0.15, 0.2) is 6.29 Å². The molecule has 4 N–H and O–H groups in total. The fourth-order valence-electron chi connectivity index (χ4n) is 1.50. The Morgan fingerprint density at radius 3 is 1.81 bits per heavy atom. The Morgan fingerprint density at radius 1 is 1.00 bits per heavy atom. The molecule has 0 saturated heterocycles. The molecule has 0 radical (unpaired) electrons. The van der Waals surface area contributed by atoms with Gasteiger partial charge in [0, 0.05) is 0 Å². The van der Waals surface area contributed by atoms with E-state index in [0.29, 0.717) is 6.42 Å². The molecule has 1 aromatic heterocycles. The molecule has 0 fully saturated rings. The van der Waals surface area contributed by atoms with Gasteiger partial charge in [0.25, 0.3) is 0 Å². The first-order chi connectivity index (χ1) is 9.88. The minimum Gasteiger partial charge on any atom is -0.475 e. The highest BCUT2D eigenvalue weighted by Gasteiger charge is 2.12. The SMILES string of the molecule is CCCCCCCC(O)O.O=C(O)c1ccc(C(=O)O)o1. The summed E-state index contributed by atoms with van der Waals surface area (Å²) < 4.78 is 4.41. The molecule has 0 spiro atoms. The Bertz CT molecular complexity index is 394. The summed E-state index contributed by atoms with van der Waals surface area (Å²) in [7, 11) is 0. The van der Waals surface area contributed by atoms with Crippen LogP contribution in [0.4, 0.5) is 0 Å². The van der Waals surface area contributed by atoms with Crippen LogP contribution in [0.5, 0.6) is 0 Å². The van der Waals surface area contributed by atoms with E-state index in [9.17, 15) is 9.59 Å². The van der Waals surface area contributed by atoms with Crippen molar-refractivity contribution >= 4 is 11.9 Å². The van der Waals surface area contributed by atoms with Crippen LogP contribution in [0.1, 0.15) is 66.6 Å². The van der Waals surface area contributed by atoms with E-state index in [1.54, 1.807) is 0 Å². The van der Waals surface area contributed by atoms with Crippen LogP contribution in [0.3, 0.4) is 0 Å². The molecule has 120 valence electrons. The predicted octanol–water partition coefficient (Wildman–Crippen LogP) is 2.33. The Balaban J connectivity index is 0.000000384. The highest BCUT2D eigenvalue weighted by molar-refractivity contribution is 5.88. The average Bonchev–Trinajstić information content (AvgIpc) is 2.89. The van der Waals surface area contributed by atoms with Crippen LogP contribution >= 0.6 is 0 Å². The molecular weight excluding hydrogens is 280 g/mol. The predicted molar refractivity (Wildman–Crippen MR) is 74.2 cm³/mol. The number of carboxylic acids is 2. The monoisotopic (exact) mass is 302 g/mol. The smallest absolute Gasteiger partial charge is 0.371 e. The summed E-state index contributed by atoms with van der Waals surface area (Å²) in [5, 5.41) is 33.5. The molecule has 0 amide bonds. The van der Waals surface area contributed by atoms with E-state index in [0.717, 1.165) is 25.0 Å². The molecule has 0 bridgehead atoms. The maximum Gasteiger partial charge on any atom is 0.371 e. The molecule has 0 atom stereocenters. The van der Waals surface area contributed by atoms with Gasteiger partial charge < -0.3 is 24.8 Å². The van der Waals surface area contributed by atoms with E-state index in [4.69, 9.17) is 20.4 Å². The first-order valence-electron chi connectivity index (χ1n) is 6.81. The number of unbranched alkanes of at least 4 members (excludes halogenated alkanes) is 4. The van der Waals surface area contributed by atoms with E-state index in [2.05, 4.69) is 11.3 Å². The highest BCUT2D eigenvalue weighted by Crippen LogP contribution is 2.07. The number of rotatable bonds is 8. The number of hydrogen-bond donors (Lipinski definition) is 4. The highest BCUT2D eigenvalue weighted by atomic mass is 16.5. The lowest BCUT2D eigenvalue weighted by molar-refractivity contribution is -0.0466. The van der Waals surface area contributed by atoms with Crippen molar-refractivity contribution < 1.29 is 34.4 Å². The van der Waals surface area contributed by atoms with Crippen molar-refractivity contribution in [3.05, 3.63) is 23.7 Å². The van der Waals surface area contributed by atoms with E-state index in [1.165, 1.54) is 19.3 Å². The van der Waals surface area contributed by atoms with Crippen LogP contribution in [0, 0.1) is 0 Å². The Labute approximate surface area is 122 Å². The second-order valence-corrected chi connectivity index (χ2v) is 4.46. The molecule has 7 nitrogen and oxygen atoms in total. The standard InChI is InChI=1S/C8H18O2.C6H4O5/c1-2-3-4-5-6-7-8(9)10;7-5(8)3-1-2-4(11-3)6(9)10/h8-10H,2-7H2,1H3;1-2H,(H,7,8)(H,9,10). The Hall–Kier alpha value is -1.86. The van der Waals surface area contributed by atoms with E-state index < -0.39 is 18.2 Å². The normalized spacial score (nSPS) is 10.1. The van der Waals surface area contributed by atoms with E-state index in [-0.39, 0.29) is 11.5 Å². The zero-order valence-corrected chi connectivity index (χ0v) is 12.0. The van der Waals surface area contributed by atoms with Gasteiger partial charge in [-0.15, -0.1) is 0 Å². The van der Waals surface area contributed by atoms with Crippen LogP contribution in [-0.4, -0.2) is 38.7 Å². The topological polar surface area (TPSA) is 128 Å². The fraction of sp³-hybridized carbons (Fsp3) is 0.571. The maximum atomic E-state index is 10.2. The average molecular weight is 302 g/mol. The maximum absolute atomic E-state index is 10.2. The summed E-state index contributed by atoms with van der Waals surface area (Å²) in [6.45, 7) is 2.17. The molecule has 0 unspecified atom stereocenters. The molecule has 21 heavy (non-hydrogen) atoms. The molecule has 1 heterocycles. The van der Waals surface area contributed by atoms with Crippen LogP contribution in [0.25, 0.3) is 0 Å². The second-order valence-electron chi connectivity index (χ2n) is 4.46. The number of aliphatic hydroxyl groups is 2. The molecular formula is C14H22O7. The van der Waals surface area contributed by atoms with Crippen LogP contribution in [0.15, 0.2) is 16.5 Å². The molecule has 1 rings (SSSR count). The minimum absolute atomic E-state index is 0.373. The summed E-state index contributed by atoms with van der Waals surface area (Å²) in [6.07, 6.45) is 5.24. The van der Waals surface area contributed by atoms with Gasteiger partial charge in [0.05, 0.1) is 0 Å². The van der Waals surface area contributed by atoms with Crippen molar-refractivity contribution in [3.63, 3.8) is 0 Å². The van der Waals surface area contributed by atoms with Gasteiger partial charge in [-0.25, -0.2) is 9.59 Å². The molecule has 0 saturated carbocycles. The zero-order chi connectivity index (χ0) is 16.3. The number of carbonyl (C=O) groups is 2.